The van der Waals surface area contributed by atoms with Gasteiger partial charge in [-0.3, -0.25) is 15.1 Å². The van der Waals surface area contributed by atoms with E-state index in [-0.39, 0.29) is 11.5 Å². The van der Waals surface area contributed by atoms with Gasteiger partial charge in [0.05, 0.1) is 18.9 Å². The van der Waals surface area contributed by atoms with Gasteiger partial charge in [-0.1, -0.05) is 38.1 Å². The molecule has 1 aromatic carbocycles. The Bertz CT molecular complexity index is 867. The third-order valence-electron chi connectivity index (χ3n) is 4.19. The van der Waals surface area contributed by atoms with E-state index in [2.05, 4.69) is 22.4 Å². The maximum Gasteiger partial charge on any atom is 0.412 e. The van der Waals surface area contributed by atoms with Crippen LogP contribution in [0.1, 0.15) is 63.5 Å². The number of nitrogens with one attached hydrogen (secondary N) is 1. The Morgan fingerprint density at radius 1 is 1.14 bits per heavy atom. The molecular weight excluding hydrogens is 368 g/mol. The molecule has 6 heteroatoms. The highest BCUT2D eigenvalue weighted by atomic mass is 16.6. The van der Waals surface area contributed by atoms with Gasteiger partial charge in [0.25, 0.3) is 0 Å². The second-order valence-corrected chi connectivity index (χ2v) is 7.66. The van der Waals surface area contributed by atoms with Crippen molar-refractivity contribution >= 4 is 17.6 Å². The van der Waals surface area contributed by atoms with E-state index in [1.165, 1.54) is 12.5 Å². The fraction of sp³-hybridized carbons (Fsp3) is 0.435. The molecule has 1 saturated heterocycles. The monoisotopic (exact) mass is 398 g/mol. The van der Waals surface area contributed by atoms with Crippen LogP contribution in [0.2, 0.25) is 0 Å². The number of pyridine rings is 1. The maximum atomic E-state index is 12.2. The number of benzene rings is 1. The number of amides is 1. The number of Topliss-reactive ketones (excluding diaryl/α,β-unsaturated/α-hetero) is 1. The summed E-state index contributed by atoms with van der Waals surface area (Å²) in [6.07, 6.45) is 1.03. The fourth-order valence-corrected chi connectivity index (χ4v) is 2.81. The van der Waals surface area contributed by atoms with Crippen molar-refractivity contribution in [1.82, 2.24) is 4.98 Å². The highest BCUT2D eigenvalue weighted by Crippen LogP contribution is 2.30. The summed E-state index contributed by atoms with van der Waals surface area (Å²) >= 11 is 0. The Kier molecular flexibility index (Phi) is 7.51. The first-order valence-corrected chi connectivity index (χ1v) is 9.92. The Balaban J connectivity index is 0.00000145. The smallest absolute Gasteiger partial charge is 0.412 e. The van der Waals surface area contributed by atoms with Crippen LogP contribution in [0.3, 0.4) is 0 Å². The zero-order valence-corrected chi connectivity index (χ0v) is 18.0. The van der Waals surface area contributed by atoms with Crippen molar-refractivity contribution < 1.29 is 19.1 Å². The van der Waals surface area contributed by atoms with E-state index in [1.807, 2.05) is 26.0 Å². The van der Waals surface area contributed by atoms with Crippen LogP contribution in [0.25, 0.3) is 11.1 Å². The molecule has 0 aliphatic carbocycles. The van der Waals surface area contributed by atoms with Gasteiger partial charge in [0.2, 0.25) is 0 Å². The Morgan fingerprint density at radius 3 is 2.38 bits per heavy atom. The lowest BCUT2D eigenvalue weighted by atomic mass is 9.94. The summed E-state index contributed by atoms with van der Waals surface area (Å²) < 4.78 is 10.6. The van der Waals surface area contributed by atoms with Crippen LogP contribution in [0.4, 0.5) is 10.5 Å². The average molecular weight is 399 g/mol. The number of anilines is 1. The molecule has 0 bridgehead atoms. The first-order chi connectivity index (χ1) is 13.7. The minimum absolute atomic E-state index is 0.202. The van der Waals surface area contributed by atoms with Crippen LogP contribution in [0.15, 0.2) is 36.5 Å². The summed E-state index contributed by atoms with van der Waals surface area (Å²) in [5.41, 5.74) is 2.89. The Morgan fingerprint density at radius 2 is 1.83 bits per heavy atom. The van der Waals surface area contributed by atoms with Gasteiger partial charge in [-0.05, 0) is 38.0 Å². The van der Waals surface area contributed by atoms with Gasteiger partial charge in [0, 0.05) is 24.6 Å². The molecule has 1 amide bonds. The standard InChI is InChI=1S/C21H24N2O4.C2H6/c1-13(24)19-18(23-20(25)27-21(2,3)4)9-16(10-22-19)14-6-5-7-15(8-14)17-11-26-12-17;1-2/h5-10,17H,11-12H2,1-4H3,(H,23,25);1-2H3. The summed E-state index contributed by atoms with van der Waals surface area (Å²) in [6, 6.07) is 9.89. The summed E-state index contributed by atoms with van der Waals surface area (Å²) in [7, 11) is 0. The molecule has 2 aromatic rings. The molecule has 2 heterocycles. The Hall–Kier alpha value is -2.73. The number of ketones is 1. The number of carbonyl (C=O) groups excluding carboxylic acids is 2. The van der Waals surface area contributed by atoms with Gasteiger partial charge in [0.1, 0.15) is 11.3 Å². The lowest BCUT2D eigenvalue weighted by Crippen LogP contribution is -2.27. The molecule has 0 atom stereocenters. The van der Waals surface area contributed by atoms with Crippen molar-refractivity contribution in [3.8, 4) is 11.1 Å². The normalized spacial score (nSPS) is 13.6. The zero-order valence-electron chi connectivity index (χ0n) is 18.0. The van der Waals surface area contributed by atoms with Crippen molar-refractivity contribution in [3.63, 3.8) is 0 Å². The molecule has 1 aliphatic rings. The van der Waals surface area contributed by atoms with E-state index < -0.39 is 11.7 Å². The van der Waals surface area contributed by atoms with E-state index in [1.54, 1.807) is 33.0 Å². The molecule has 6 nitrogen and oxygen atoms in total. The minimum Gasteiger partial charge on any atom is -0.444 e. The molecule has 0 saturated carbocycles. The van der Waals surface area contributed by atoms with Gasteiger partial charge in [-0.2, -0.15) is 0 Å². The van der Waals surface area contributed by atoms with Crippen LogP contribution in [0.5, 0.6) is 0 Å². The number of carbonyl (C=O) groups is 2. The molecule has 1 aliphatic heterocycles. The number of hydrogen-bond donors (Lipinski definition) is 1. The predicted molar refractivity (Wildman–Crippen MR) is 114 cm³/mol. The highest BCUT2D eigenvalue weighted by Gasteiger charge is 2.22. The third-order valence-corrected chi connectivity index (χ3v) is 4.19. The third kappa shape index (κ3) is 6.12. The van der Waals surface area contributed by atoms with Crippen molar-refractivity contribution in [2.75, 3.05) is 18.5 Å². The second-order valence-electron chi connectivity index (χ2n) is 7.66. The lowest BCUT2D eigenvalue weighted by Gasteiger charge is -2.26. The van der Waals surface area contributed by atoms with Crippen molar-refractivity contribution in [2.45, 2.75) is 53.1 Å². The molecule has 29 heavy (non-hydrogen) atoms. The van der Waals surface area contributed by atoms with Crippen LogP contribution < -0.4 is 5.32 Å². The molecule has 0 unspecified atom stereocenters. The zero-order chi connectivity index (χ0) is 21.6. The first kappa shape index (κ1) is 22.6. The number of aromatic nitrogens is 1. The van der Waals surface area contributed by atoms with Crippen LogP contribution in [-0.4, -0.2) is 35.7 Å². The average Bonchev–Trinajstić information content (AvgIpc) is 2.60. The molecule has 0 spiro atoms. The van der Waals surface area contributed by atoms with Crippen molar-refractivity contribution in [1.29, 1.82) is 0 Å². The SMILES string of the molecule is CC.CC(=O)c1ncc(-c2cccc(C3COC3)c2)cc1NC(=O)OC(C)(C)C. The summed E-state index contributed by atoms with van der Waals surface area (Å²) in [6.45, 7) is 12.2. The van der Waals surface area contributed by atoms with Crippen LogP contribution >= 0.6 is 0 Å². The lowest BCUT2D eigenvalue weighted by molar-refractivity contribution is 0.00844. The van der Waals surface area contributed by atoms with Gasteiger partial charge in [-0.15, -0.1) is 0 Å². The van der Waals surface area contributed by atoms with Crippen LogP contribution in [-0.2, 0) is 9.47 Å². The summed E-state index contributed by atoms with van der Waals surface area (Å²) in [5.74, 6) is 0.182. The number of nitrogens with zero attached hydrogens (tertiary/aromatic N) is 1. The fourth-order valence-electron chi connectivity index (χ4n) is 2.81. The quantitative estimate of drug-likeness (QED) is 0.694. The van der Waals surface area contributed by atoms with Crippen molar-refractivity contribution in [3.05, 3.63) is 47.8 Å². The van der Waals surface area contributed by atoms with Gasteiger partial charge in [0.15, 0.2) is 5.78 Å². The number of ether oxygens (including phenoxy) is 2. The summed E-state index contributed by atoms with van der Waals surface area (Å²) in [4.78, 5) is 28.3. The molecule has 156 valence electrons. The van der Waals surface area contributed by atoms with Gasteiger partial charge in [-0.25, -0.2) is 4.79 Å². The summed E-state index contributed by atoms with van der Waals surface area (Å²) in [5, 5.41) is 2.65. The highest BCUT2D eigenvalue weighted by molar-refractivity contribution is 6.01. The van der Waals surface area contributed by atoms with E-state index in [4.69, 9.17) is 9.47 Å². The van der Waals surface area contributed by atoms with E-state index in [0.29, 0.717) is 11.6 Å². The number of rotatable bonds is 4. The minimum atomic E-state index is -0.634. The molecule has 3 rings (SSSR count). The maximum absolute atomic E-state index is 12.2. The predicted octanol–water partition coefficient (Wildman–Crippen LogP) is 5.44. The topological polar surface area (TPSA) is 77.5 Å². The van der Waals surface area contributed by atoms with E-state index >= 15 is 0 Å². The molecule has 1 aromatic heterocycles. The first-order valence-electron chi connectivity index (χ1n) is 9.92. The molecule has 1 N–H and O–H groups in total. The largest absolute Gasteiger partial charge is 0.444 e. The number of hydrogen-bond acceptors (Lipinski definition) is 5. The Labute approximate surface area is 172 Å². The van der Waals surface area contributed by atoms with E-state index in [9.17, 15) is 9.59 Å². The van der Waals surface area contributed by atoms with E-state index in [0.717, 1.165) is 24.3 Å². The van der Waals surface area contributed by atoms with Crippen LogP contribution in [0, 0.1) is 0 Å². The van der Waals surface area contributed by atoms with Gasteiger partial charge >= 0.3 is 6.09 Å². The van der Waals surface area contributed by atoms with Gasteiger partial charge < -0.3 is 9.47 Å². The molecule has 1 fully saturated rings. The van der Waals surface area contributed by atoms with Crippen molar-refractivity contribution in [2.24, 2.45) is 0 Å². The second kappa shape index (κ2) is 9.65. The molecular formula is C23H30N2O4. The molecule has 0 radical (unpaired) electrons.